The van der Waals surface area contributed by atoms with Gasteiger partial charge in [-0.3, -0.25) is 14.2 Å². The molecule has 0 saturated heterocycles. The lowest BCUT2D eigenvalue weighted by atomic mass is 9.86. The lowest BCUT2D eigenvalue weighted by Crippen LogP contribution is -2.44. The molecule has 0 bridgehead atoms. The van der Waals surface area contributed by atoms with Crippen molar-refractivity contribution in [1.82, 2.24) is 9.55 Å². The number of benzene rings is 1. The minimum Gasteiger partial charge on any atom is -0.458 e. The van der Waals surface area contributed by atoms with Gasteiger partial charge in [0.2, 0.25) is 0 Å². The van der Waals surface area contributed by atoms with E-state index in [1.165, 1.54) is 0 Å². The van der Waals surface area contributed by atoms with E-state index in [4.69, 9.17) is 18.8 Å². The van der Waals surface area contributed by atoms with Gasteiger partial charge < -0.3 is 18.9 Å². The molecule has 37 heavy (non-hydrogen) atoms. The average molecular weight is 528 g/mol. The van der Waals surface area contributed by atoms with Gasteiger partial charge in [0.1, 0.15) is 12.4 Å². The molecule has 1 aromatic carbocycles. The van der Waals surface area contributed by atoms with Crippen LogP contribution in [0.15, 0.2) is 29.1 Å². The number of hydrogen-bond acceptors (Lipinski definition) is 8. The molecule has 0 aliphatic carbocycles. The van der Waals surface area contributed by atoms with Gasteiger partial charge in [0.05, 0.1) is 35.6 Å². The smallest absolute Gasteiger partial charge is 0.458 e. The number of phosphoric acid groups is 1. The van der Waals surface area contributed by atoms with E-state index in [1.807, 2.05) is 13.8 Å². The summed E-state index contributed by atoms with van der Waals surface area (Å²) < 4.78 is 29.4. The highest BCUT2D eigenvalue weighted by atomic mass is 31.2. The maximum atomic E-state index is 13.4. The molecule has 196 valence electrons. The molecule has 0 fully saturated rings. The summed E-state index contributed by atoms with van der Waals surface area (Å²) in [4.78, 5) is 40.7. The largest absolute Gasteiger partial charge is 0.527 e. The number of esters is 1. The second-order valence-corrected chi connectivity index (χ2v) is 10.7. The molecular formula is C26H29N2O8P. The van der Waals surface area contributed by atoms with Gasteiger partial charge in [-0.1, -0.05) is 27.2 Å². The van der Waals surface area contributed by atoms with Crippen LogP contribution < -0.4 is 10.1 Å². The zero-order valence-corrected chi connectivity index (χ0v) is 21.8. The summed E-state index contributed by atoms with van der Waals surface area (Å²) >= 11 is 0. The lowest BCUT2D eigenvalue weighted by Gasteiger charge is -2.31. The number of cyclic esters (lactones) is 1. The normalized spacial score (nSPS) is 19.6. The van der Waals surface area contributed by atoms with Gasteiger partial charge in [-0.25, -0.2) is 14.3 Å². The van der Waals surface area contributed by atoms with E-state index in [1.54, 1.807) is 35.8 Å². The third-order valence-corrected chi connectivity index (χ3v) is 8.05. The molecule has 2 atom stereocenters. The van der Waals surface area contributed by atoms with E-state index in [2.05, 4.69) is 0 Å². The Morgan fingerprint density at radius 3 is 2.68 bits per heavy atom. The Labute approximate surface area is 213 Å². The van der Waals surface area contributed by atoms with Crippen LogP contribution in [-0.2, 0) is 43.8 Å². The fourth-order valence-corrected chi connectivity index (χ4v) is 5.88. The van der Waals surface area contributed by atoms with Gasteiger partial charge in [-0.15, -0.1) is 0 Å². The SMILES string of the molecule is CCCCOP(=O)(O)Oc1ccc2nc3c(c(CC)c2c1)Cn1c-3cc2c(c1=O)COC(=O)[C@]2(O)CC. The molecule has 4 heterocycles. The fourth-order valence-electron chi connectivity index (χ4n) is 5.09. The van der Waals surface area contributed by atoms with E-state index >= 15 is 0 Å². The Kier molecular flexibility index (Phi) is 6.48. The maximum Gasteiger partial charge on any atom is 0.527 e. The Hall–Kier alpha value is -3.04. The number of aryl methyl sites for hydroxylation is 1. The number of hydrogen-bond donors (Lipinski definition) is 2. The molecule has 0 radical (unpaired) electrons. The number of aliphatic hydroxyl groups is 1. The predicted octanol–water partition coefficient (Wildman–Crippen LogP) is 3.94. The number of rotatable bonds is 8. The van der Waals surface area contributed by atoms with E-state index in [9.17, 15) is 24.2 Å². The van der Waals surface area contributed by atoms with Crippen LogP contribution >= 0.6 is 7.82 Å². The van der Waals surface area contributed by atoms with Crippen molar-refractivity contribution in [3.63, 3.8) is 0 Å². The van der Waals surface area contributed by atoms with Crippen molar-refractivity contribution in [3.8, 4) is 17.1 Å². The topological polar surface area (TPSA) is 137 Å². The highest BCUT2D eigenvalue weighted by Gasteiger charge is 2.45. The second kappa shape index (κ2) is 9.36. The first-order chi connectivity index (χ1) is 17.6. The number of aromatic nitrogens is 2. The molecule has 0 amide bonds. The molecule has 10 nitrogen and oxygen atoms in total. The van der Waals surface area contributed by atoms with Crippen LogP contribution in [0.1, 0.15) is 62.3 Å². The minimum atomic E-state index is -4.28. The summed E-state index contributed by atoms with van der Waals surface area (Å²) in [5.41, 5.74) is 1.82. The van der Waals surface area contributed by atoms with E-state index in [-0.39, 0.29) is 48.6 Å². The van der Waals surface area contributed by atoms with Crippen LogP contribution in [0.2, 0.25) is 0 Å². The predicted molar refractivity (Wildman–Crippen MR) is 135 cm³/mol. The number of carbonyl (C=O) groups excluding carboxylic acids is 1. The van der Waals surface area contributed by atoms with Crippen LogP contribution in [0.5, 0.6) is 5.75 Å². The molecule has 3 aromatic rings. The van der Waals surface area contributed by atoms with Gasteiger partial charge in [0.15, 0.2) is 5.60 Å². The van der Waals surface area contributed by atoms with Gasteiger partial charge in [0, 0.05) is 16.5 Å². The van der Waals surface area contributed by atoms with Crippen molar-refractivity contribution in [3.05, 3.63) is 56.9 Å². The molecule has 2 aliphatic heterocycles. The molecule has 0 saturated carbocycles. The fraction of sp³-hybridized carbons (Fsp3) is 0.423. The Morgan fingerprint density at radius 1 is 1.19 bits per heavy atom. The molecule has 2 N–H and O–H groups in total. The monoisotopic (exact) mass is 528 g/mol. The molecule has 11 heteroatoms. The lowest BCUT2D eigenvalue weighted by molar-refractivity contribution is -0.172. The standard InChI is InChI=1S/C26H29N2O8P/c1-4-7-10-35-37(32,33)36-15-8-9-21-17(11-15)16(5-2)18-13-28-22(23(18)27-21)12-20-19(24(28)29)14-34-25(30)26(20,31)6-3/h8-9,11-12,31H,4-7,10,13-14H2,1-3H3,(H,32,33)/t26-/m0/s1. The molecule has 0 spiro atoms. The number of unbranched alkanes of at least 4 members (excludes halogenated alkanes) is 1. The number of carbonyl (C=O) groups is 1. The van der Waals surface area contributed by atoms with E-state index in [0.29, 0.717) is 29.7 Å². The summed E-state index contributed by atoms with van der Waals surface area (Å²) in [6.07, 6.45) is 2.14. The van der Waals surface area contributed by atoms with Crippen molar-refractivity contribution >= 4 is 24.7 Å². The zero-order valence-electron chi connectivity index (χ0n) is 20.9. The molecule has 5 rings (SSSR count). The second-order valence-electron chi connectivity index (χ2n) is 9.30. The quantitative estimate of drug-likeness (QED) is 0.198. The van der Waals surface area contributed by atoms with Crippen LogP contribution in [-0.4, -0.2) is 32.1 Å². The van der Waals surface area contributed by atoms with Gasteiger partial charge in [0.25, 0.3) is 5.56 Å². The maximum absolute atomic E-state index is 13.4. The van der Waals surface area contributed by atoms with Crippen molar-refractivity contribution in [2.75, 3.05) is 6.61 Å². The van der Waals surface area contributed by atoms with Crippen LogP contribution in [0.3, 0.4) is 0 Å². The highest BCUT2D eigenvalue weighted by molar-refractivity contribution is 7.47. The molecule has 2 aromatic heterocycles. The molecular weight excluding hydrogens is 499 g/mol. The van der Waals surface area contributed by atoms with Crippen LogP contribution in [0.4, 0.5) is 0 Å². The van der Waals surface area contributed by atoms with Crippen LogP contribution in [0, 0.1) is 0 Å². The summed E-state index contributed by atoms with van der Waals surface area (Å²) in [5, 5.41) is 11.8. The van der Waals surface area contributed by atoms with Gasteiger partial charge in [-0.2, -0.15) is 0 Å². The first-order valence-electron chi connectivity index (χ1n) is 12.4. The number of fused-ring (bicyclic) bond motifs is 5. The van der Waals surface area contributed by atoms with E-state index in [0.717, 1.165) is 22.9 Å². The average Bonchev–Trinajstić information content (AvgIpc) is 3.23. The number of pyridine rings is 2. The summed E-state index contributed by atoms with van der Waals surface area (Å²) in [6.45, 7) is 5.79. The first kappa shape index (κ1) is 25.6. The van der Waals surface area contributed by atoms with Gasteiger partial charge in [-0.05, 0) is 49.1 Å². The first-order valence-corrected chi connectivity index (χ1v) is 13.9. The summed E-state index contributed by atoms with van der Waals surface area (Å²) in [6, 6.07) is 6.58. The van der Waals surface area contributed by atoms with Crippen molar-refractivity contribution < 1.29 is 33.1 Å². The van der Waals surface area contributed by atoms with Crippen molar-refractivity contribution in [2.45, 2.75) is 65.2 Å². The number of phosphoric ester groups is 1. The van der Waals surface area contributed by atoms with E-state index < -0.39 is 19.4 Å². The minimum absolute atomic E-state index is 0.0690. The highest BCUT2D eigenvalue weighted by Crippen LogP contribution is 2.45. The Morgan fingerprint density at radius 2 is 1.97 bits per heavy atom. The summed E-state index contributed by atoms with van der Waals surface area (Å²) in [7, 11) is -4.28. The Balaban J connectivity index is 1.61. The molecule has 1 unspecified atom stereocenters. The van der Waals surface area contributed by atoms with Gasteiger partial charge >= 0.3 is 13.8 Å². The Bertz CT molecular complexity index is 1530. The third-order valence-electron chi connectivity index (χ3n) is 7.10. The summed E-state index contributed by atoms with van der Waals surface area (Å²) in [5.74, 6) is -0.587. The zero-order chi connectivity index (χ0) is 26.5. The van der Waals surface area contributed by atoms with Crippen LogP contribution in [0.25, 0.3) is 22.3 Å². The number of nitrogens with zero attached hydrogens (tertiary/aromatic N) is 2. The number of ether oxygens (including phenoxy) is 1. The van der Waals surface area contributed by atoms with Crippen molar-refractivity contribution in [2.24, 2.45) is 0 Å². The third kappa shape index (κ3) is 4.18. The van der Waals surface area contributed by atoms with Crippen molar-refractivity contribution in [1.29, 1.82) is 0 Å². The molecule has 2 aliphatic rings.